The molecule has 0 radical (unpaired) electrons. The summed E-state index contributed by atoms with van der Waals surface area (Å²) in [5.41, 5.74) is 10.1. The lowest BCUT2D eigenvalue weighted by Gasteiger charge is -2.35. The molecule has 0 aromatic heterocycles. The van der Waals surface area contributed by atoms with Gasteiger partial charge < -0.3 is 20.9 Å². The summed E-state index contributed by atoms with van der Waals surface area (Å²) < 4.78 is 11.5. The molecule has 2 aromatic rings. The van der Waals surface area contributed by atoms with Crippen molar-refractivity contribution in [2.75, 3.05) is 0 Å². The van der Waals surface area contributed by atoms with E-state index in [0.717, 1.165) is 12.8 Å². The predicted octanol–water partition coefficient (Wildman–Crippen LogP) is 8.39. The Balaban J connectivity index is 2.51. The molecule has 2 rings (SSSR count). The number of rotatable bonds is 16. The van der Waals surface area contributed by atoms with Crippen molar-refractivity contribution in [3.05, 3.63) is 67.6 Å². The first-order valence-electron chi connectivity index (χ1n) is 15.3. The van der Waals surface area contributed by atoms with Crippen molar-refractivity contribution < 1.29 is 28.7 Å². The second-order valence-electron chi connectivity index (χ2n) is 12.7. The van der Waals surface area contributed by atoms with Crippen LogP contribution in [0, 0.1) is 10.8 Å². The third kappa shape index (κ3) is 10.4. The van der Waals surface area contributed by atoms with Gasteiger partial charge >= 0.3 is 11.9 Å². The minimum atomic E-state index is -1.41. The zero-order valence-electron chi connectivity index (χ0n) is 27.1. The summed E-state index contributed by atoms with van der Waals surface area (Å²) in [6, 6.07) is 8.16. The Morgan fingerprint density at radius 1 is 0.652 bits per heavy atom. The molecule has 0 saturated heterocycles. The molecule has 0 fully saturated rings. The number of nitrogens with two attached hydrogens (primary N) is 2. The minimum absolute atomic E-state index is 0.0121. The van der Waals surface area contributed by atoms with Crippen LogP contribution in [0.3, 0.4) is 0 Å². The van der Waals surface area contributed by atoms with E-state index in [2.05, 4.69) is 0 Å². The Kier molecular flexibility index (Phi) is 15.0. The van der Waals surface area contributed by atoms with Crippen LogP contribution in [0.15, 0.2) is 36.4 Å². The van der Waals surface area contributed by atoms with Crippen molar-refractivity contribution in [3.8, 4) is 0 Å². The van der Waals surface area contributed by atoms with Gasteiger partial charge in [-0.1, -0.05) is 85.2 Å². The summed E-state index contributed by atoms with van der Waals surface area (Å²) in [6.45, 7) is 10.2. The van der Waals surface area contributed by atoms with Crippen LogP contribution in [-0.4, -0.2) is 35.6 Å². The van der Waals surface area contributed by atoms with Crippen molar-refractivity contribution in [1.29, 1.82) is 0 Å². The normalized spacial score (nSPS) is 14.6. The number of hydrogen-bond donors (Lipinski definition) is 2. The van der Waals surface area contributed by atoms with Gasteiger partial charge in [0, 0.05) is 56.1 Å². The van der Waals surface area contributed by atoms with Crippen LogP contribution in [-0.2, 0) is 28.7 Å². The zero-order chi connectivity index (χ0) is 35.0. The maximum atomic E-state index is 13.5. The Morgan fingerprint density at radius 2 is 0.978 bits per heavy atom. The van der Waals surface area contributed by atoms with Crippen LogP contribution < -0.4 is 11.5 Å². The number of hydrogen-bond acceptors (Lipinski definition) is 8. The molecular formula is C34H44Cl4N2O6. The standard InChI is InChI=1S/C34H44Cl4N2O6/c1-7-9-21(39)17-27(41)33(3,4)29(23-13-11-19(35)15-25(23)37)45-31(43)32(44)46-30(24-14-12-20(36)16-26(24)38)34(5,6)28(42)18-22(40)10-8-2/h11-16,21-22,29-30H,7-10,17-18,39-40H2,1-6H3. The van der Waals surface area contributed by atoms with E-state index in [9.17, 15) is 19.2 Å². The number of Topliss-reactive ketones (excluding diaryl/α,β-unsaturated/α-hetero) is 2. The first-order valence-corrected chi connectivity index (χ1v) is 16.8. The van der Waals surface area contributed by atoms with E-state index in [1.54, 1.807) is 27.7 Å². The van der Waals surface area contributed by atoms with Gasteiger partial charge in [0.1, 0.15) is 23.8 Å². The minimum Gasteiger partial charge on any atom is -0.448 e. The van der Waals surface area contributed by atoms with Crippen molar-refractivity contribution in [1.82, 2.24) is 0 Å². The lowest BCUT2D eigenvalue weighted by molar-refractivity contribution is -0.183. The quantitative estimate of drug-likeness (QED) is 0.130. The largest absolute Gasteiger partial charge is 0.448 e. The zero-order valence-corrected chi connectivity index (χ0v) is 30.2. The average Bonchev–Trinajstić information content (AvgIpc) is 2.95. The lowest BCUT2D eigenvalue weighted by atomic mass is 9.76. The van der Waals surface area contributed by atoms with Gasteiger partial charge in [-0.25, -0.2) is 9.59 Å². The summed E-state index contributed by atoms with van der Waals surface area (Å²) in [6.07, 6.45) is 0.181. The molecule has 254 valence electrons. The van der Waals surface area contributed by atoms with Gasteiger partial charge in [0.25, 0.3) is 0 Å². The second-order valence-corrected chi connectivity index (χ2v) is 14.4. The van der Waals surface area contributed by atoms with Crippen LogP contribution in [0.5, 0.6) is 0 Å². The first kappa shape index (κ1) is 40.0. The van der Waals surface area contributed by atoms with E-state index in [1.807, 2.05) is 13.8 Å². The Labute approximate surface area is 291 Å². The summed E-state index contributed by atoms with van der Waals surface area (Å²) in [4.78, 5) is 54.1. The molecule has 0 heterocycles. The van der Waals surface area contributed by atoms with Crippen molar-refractivity contribution >= 4 is 69.9 Å². The molecule has 0 aliphatic rings. The molecule has 4 unspecified atom stereocenters. The van der Waals surface area contributed by atoms with Gasteiger partial charge in [-0.3, -0.25) is 9.59 Å². The maximum absolute atomic E-state index is 13.5. The number of carbonyl (C=O) groups excluding carboxylic acids is 4. The third-order valence-electron chi connectivity index (χ3n) is 8.07. The molecule has 0 bridgehead atoms. The fourth-order valence-corrected chi connectivity index (χ4v) is 6.19. The molecule has 0 saturated carbocycles. The second kappa shape index (κ2) is 17.3. The molecule has 0 amide bonds. The van der Waals surface area contributed by atoms with Gasteiger partial charge in [-0.05, 0) is 64.8 Å². The van der Waals surface area contributed by atoms with Gasteiger partial charge in [0.2, 0.25) is 0 Å². The van der Waals surface area contributed by atoms with Crippen LogP contribution in [0.25, 0.3) is 0 Å². The molecule has 8 nitrogen and oxygen atoms in total. The summed E-state index contributed by atoms with van der Waals surface area (Å²) >= 11 is 25.2. The van der Waals surface area contributed by atoms with Crippen molar-refractivity contribution in [2.24, 2.45) is 22.3 Å². The number of ketones is 2. The van der Waals surface area contributed by atoms with Gasteiger partial charge in [0.15, 0.2) is 0 Å². The third-order valence-corrected chi connectivity index (χ3v) is 9.19. The summed E-state index contributed by atoms with van der Waals surface area (Å²) in [5.74, 6) is -3.41. The number of carbonyl (C=O) groups is 4. The van der Waals surface area contributed by atoms with Gasteiger partial charge in [-0.2, -0.15) is 0 Å². The van der Waals surface area contributed by atoms with E-state index in [-0.39, 0.29) is 45.6 Å². The molecule has 4 atom stereocenters. The molecule has 0 spiro atoms. The van der Waals surface area contributed by atoms with Crippen LogP contribution in [0.1, 0.15) is 103 Å². The number of halogens is 4. The highest BCUT2D eigenvalue weighted by molar-refractivity contribution is 6.36. The van der Waals surface area contributed by atoms with E-state index in [0.29, 0.717) is 22.9 Å². The van der Waals surface area contributed by atoms with E-state index in [4.69, 9.17) is 67.3 Å². The topological polar surface area (TPSA) is 139 Å². The van der Waals surface area contributed by atoms with Crippen molar-refractivity contribution in [3.63, 3.8) is 0 Å². The number of esters is 2. The van der Waals surface area contributed by atoms with E-state index in [1.165, 1.54) is 36.4 Å². The molecule has 0 aliphatic carbocycles. The Hall–Kier alpha value is -2.20. The number of benzene rings is 2. The van der Waals surface area contributed by atoms with Crippen LogP contribution in [0.4, 0.5) is 0 Å². The monoisotopic (exact) mass is 716 g/mol. The average molecular weight is 719 g/mol. The molecule has 2 aromatic carbocycles. The SMILES string of the molecule is CCCC(N)CC(=O)C(C)(C)C(OC(=O)C(=O)OC(c1ccc(Cl)cc1Cl)C(C)(C)C(=O)CC(N)CCC)c1ccc(Cl)cc1Cl. The molecule has 12 heteroatoms. The van der Waals surface area contributed by atoms with E-state index >= 15 is 0 Å². The smallest absolute Gasteiger partial charge is 0.418 e. The Bertz CT molecular complexity index is 1310. The fourth-order valence-electron chi connectivity index (χ4n) is 5.18. The van der Waals surface area contributed by atoms with Crippen LogP contribution >= 0.6 is 46.4 Å². The number of ether oxygens (including phenoxy) is 2. The molecular weight excluding hydrogens is 674 g/mol. The van der Waals surface area contributed by atoms with Crippen LogP contribution in [0.2, 0.25) is 20.1 Å². The summed E-state index contributed by atoms with van der Waals surface area (Å²) in [5, 5.41) is 0.887. The highest BCUT2D eigenvalue weighted by Crippen LogP contribution is 2.44. The molecule has 0 aliphatic heterocycles. The summed E-state index contributed by atoms with van der Waals surface area (Å²) in [7, 11) is 0. The predicted molar refractivity (Wildman–Crippen MR) is 183 cm³/mol. The van der Waals surface area contributed by atoms with Gasteiger partial charge in [-0.15, -0.1) is 0 Å². The maximum Gasteiger partial charge on any atom is 0.418 e. The Morgan fingerprint density at radius 3 is 1.26 bits per heavy atom. The van der Waals surface area contributed by atoms with Crippen molar-refractivity contribution in [2.45, 2.75) is 104 Å². The first-order chi connectivity index (χ1) is 21.4. The fraction of sp³-hybridized carbons (Fsp3) is 0.529. The molecule has 4 N–H and O–H groups in total. The van der Waals surface area contributed by atoms with E-state index < -0.39 is 47.1 Å². The molecule has 46 heavy (non-hydrogen) atoms. The highest BCUT2D eigenvalue weighted by atomic mass is 35.5. The van der Waals surface area contributed by atoms with Gasteiger partial charge in [0.05, 0.1) is 10.8 Å². The highest BCUT2D eigenvalue weighted by Gasteiger charge is 2.45. The lowest BCUT2D eigenvalue weighted by Crippen LogP contribution is -2.41.